The number of nitrogens with zero attached hydrogens (tertiary/aromatic N) is 2. The lowest BCUT2D eigenvalue weighted by atomic mass is 10.1. The average Bonchev–Trinajstić information content (AvgIpc) is 2.73. The second kappa shape index (κ2) is 9.04. The highest BCUT2D eigenvalue weighted by Gasteiger charge is 2.17. The van der Waals surface area contributed by atoms with E-state index in [2.05, 4.69) is 10.3 Å². The Morgan fingerprint density at radius 1 is 1.11 bits per heavy atom. The van der Waals surface area contributed by atoms with Crippen LogP contribution in [0.15, 0.2) is 67.0 Å². The van der Waals surface area contributed by atoms with Crippen LogP contribution in [0.1, 0.15) is 28.4 Å². The summed E-state index contributed by atoms with van der Waals surface area (Å²) in [6, 6.07) is 17.7. The van der Waals surface area contributed by atoms with Gasteiger partial charge in [0.1, 0.15) is 5.75 Å². The van der Waals surface area contributed by atoms with Crippen LogP contribution < -0.4 is 15.0 Å². The Morgan fingerprint density at radius 2 is 1.89 bits per heavy atom. The van der Waals surface area contributed by atoms with Gasteiger partial charge in [0.25, 0.3) is 5.91 Å². The van der Waals surface area contributed by atoms with Crippen LogP contribution in [0.2, 0.25) is 0 Å². The van der Waals surface area contributed by atoms with Gasteiger partial charge in [0.15, 0.2) is 0 Å². The smallest absolute Gasteiger partial charge is 0.259 e. The molecule has 2 aromatic carbocycles. The lowest BCUT2D eigenvalue weighted by molar-refractivity contribution is 0.0988. The van der Waals surface area contributed by atoms with Gasteiger partial charge in [0, 0.05) is 31.2 Å². The number of carbonyl (C=O) groups excluding carboxylic acids is 1. The molecule has 1 amide bonds. The van der Waals surface area contributed by atoms with Gasteiger partial charge < -0.3 is 15.0 Å². The number of benzene rings is 2. The van der Waals surface area contributed by atoms with Gasteiger partial charge >= 0.3 is 0 Å². The molecule has 0 saturated carbocycles. The summed E-state index contributed by atoms with van der Waals surface area (Å²) in [6.07, 6.45) is 3.34. The van der Waals surface area contributed by atoms with Crippen molar-refractivity contribution < 1.29 is 9.53 Å². The number of aryl methyl sites for hydroxylation is 1. The minimum atomic E-state index is -0.0614. The molecule has 0 saturated heterocycles. The minimum absolute atomic E-state index is 0.0614. The molecule has 0 fully saturated rings. The molecule has 5 heteroatoms. The molecule has 1 aromatic heterocycles. The van der Waals surface area contributed by atoms with Gasteiger partial charge in [-0.3, -0.25) is 9.78 Å². The third-order valence-electron chi connectivity index (χ3n) is 4.52. The zero-order valence-electron chi connectivity index (χ0n) is 16.5. The Bertz CT molecular complexity index is 939. The number of amides is 1. The van der Waals surface area contributed by atoms with Crippen LogP contribution in [0.25, 0.3) is 0 Å². The first kappa shape index (κ1) is 19.4. The predicted octanol–water partition coefficient (Wildman–Crippen LogP) is 4.68. The second-order valence-electron chi connectivity index (χ2n) is 6.55. The highest BCUT2D eigenvalue weighted by Crippen LogP contribution is 2.20. The maximum Gasteiger partial charge on any atom is 0.259 e. The number of rotatable bonds is 7. The first-order valence-electron chi connectivity index (χ1n) is 9.31. The Hall–Kier alpha value is -3.34. The lowest BCUT2D eigenvalue weighted by Gasteiger charge is -2.21. The van der Waals surface area contributed by atoms with Crippen molar-refractivity contribution in [3.63, 3.8) is 0 Å². The van der Waals surface area contributed by atoms with Crippen molar-refractivity contribution in [2.24, 2.45) is 0 Å². The van der Waals surface area contributed by atoms with Crippen LogP contribution in [-0.2, 0) is 6.54 Å². The lowest BCUT2D eigenvalue weighted by Crippen LogP contribution is -2.30. The third kappa shape index (κ3) is 4.68. The molecule has 3 rings (SSSR count). The van der Waals surface area contributed by atoms with E-state index in [1.165, 1.54) is 0 Å². The summed E-state index contributed by atoms with van der Waals surface area (Å²) in [7, 11) is 1.65. The van der Waals surface area contributed by atoms with Gasteiger partial charge in [0.2, 0.25) is 0 Å². The first-order valence-corrected chi connectivity index (χ1v) is 9.31. The summed E-state index contributed by atoms with van der Waals surface area (Å²) in [5, 5.41) is 3.33. The topological polar surface area (TPSA) is 54.5 Å². The molecule has 144 valence electrons. The number of aromatic nitrogens is 1. The summed E-state index contributed by atoms with van der Waals surface area (Å²) in [6.45, 7) is 5.22. The van der Waals surface area contributed by atoms with Crippen molar-refractivity contribution in [3.05, 3.63) is 83.7 Å². The quantitative estimate of drug-likeness (QED) is 0.652. The number of anilines is 2. The van der Waals surface area contributed by atoms with E-state index in [0.717, 1.165) is 28.3 Å². The van der Waals surface area contributed by atoms with Crippen molar-refractivity contribution in [1.82, 2.24) is 4.98 Å². The monoisotopic (exact) mass is 375 g/mol. The van der Waals surface area contributed by atoms with Gasteiger partial charge in [-0.25, -0.2) is 0 Å². The van der Waals surface area contributed by atoms with E-state index in [-0.39, 0.29) is 5.91 Å². The zero-order valence-corrected chi connectivity index (χ0v) is 16.5. The number of pyridine rings is 1. The SMILES string of the molecule is CCN(C(=O)c1cncc(NCc2ccc(OC)cc2)c1)c1cccc(C)c1. The number of hydrogen-bond donors (Lipinski definition) is 1. The van der Waals surface area contributed by atoms with Gasteiger partial charge in [-0.05, 0) is 55.3 Å². The highest BCUT2D eigenvalue weighted by atomic mass is 16.5. The molecule has 3 aromatic rings. The fraction of sp³-hybridized carbons (Fsp3) is 0.217. The summed E-state index contributed by atoms with van der Waals surface area (Å²) in [4.78, 5) is 19.0. The minimum Gasteiger partial charge on any atom is -0.497 e. The van der Waals surface area contributed by atoms with E-state index < -0.39 is 0 Å². The van der Waals surface area contributed by atoms with E-state index in [1.807, 2.05) is 68.4 Å². The maximum absolute atomic E-state index is 13.0. The van der Waals surface area contributed by atoms with Crippen molar-refractivity contribution >= 4 is 17.3 Å². The molecule has 0 atom stereocenters. The van der Waals surface area contributed by atoms with Crippen LogP contribution in [0.5, 0.6) is 5.75 Å². The van der Waals surface area contributed by atoms with Gasteiger partial charge in [0.05, 0.1) is 18.4 Å². The van der Waals surface area contributed by atoms with Gasteiger partial charge in [-0.2, -0.15) is 0 Å². The Labute approximate surface area is 166 Å². The molecular weight excluding hydrogens is 350 g/mol. The summed E-state index contributed by atoms with van der Waals surface area (Å²) < 4.78 is 5.18. The molecule has 0 unspecified atom stereocenters. The summed E-state index contributed by atoms with van der Waals surface area (Å²) in [5.41, 5.74) is 4.50. The number of nitrogens with one attached hydrogen (secondary N) is 1. The fourth-order valence-electron chi connectivity index (χ4n) is 3.00. The van der Waals surface area contributed by atoms with Crippen molar-refractivity contribution in [3.8, 4) is 5.75 Å². The van der Waals surface area contributed by atoms with E-state index in [0.29, 0.717) is 18.7 Å². The number of ether oxygens (including phenoxy) is 1. The number of hydrogen-bond acceptors (Lipinski definition) is 4. The van der Waals surface area contributed by atoms with E-state index in [1.54, 1.807) is 24.4 Å². The first-order chi connectivity index (χ1) is 13.6. The Kier molecular flexibility index (Phi) is 6.27. The summed E-state index contributed by atoms with van der Waals surface area (Å²) >= 11 is 0. The van der Waals surface area contributed by atoms with Crippen molar-refractivity contribution in [2.45, 2.75) is 20.4 Å². The zero-order chi connectivity index (χ0) is 19.9. The highest BCUT2D eigenvalue weighted by molar-refractivity contribution is 6.06. The standard InChI is InChI=1S/C23H25N3O2/c1-4-26(21-7-5-6-17(2)12-21)23(27)19-13-20(16-24-15-19)25-14-18-8-10-22(28-3)11-9-18/h5-13,15-16,25H,4,14H2,1-3H3. The van der Waals surface area contributed by atoms with Crippen molar-refractivity contribution in [2.75, 3.05) is 23.9 Å². The molecule has 0 spiro atoms. The normalized spacial score (nSPS) is 10.4. The van der Waals surface area contributed by atoms with Crippen LogP contribution in [-0.4, -0.2) is 24.5 Å². The predicted molar refractivity (Wildman–Crippen MR) is 113 cm³/mol. The van der Waals surface area contributed by atoms with Gasteiger partial charge in [-0.15, -0.1) is 0 Å². The molecule has 0 aliphatic heterocycles. The van der Waals surface area contributed by atoms with Crippen LogP contribution >= 0.6 is 0 Å². The van der Waals surface area contributed by atoms with Gasteiger partial charge in [-0.1, -0.05) is 24.3 Å². The summed E-state index contributed by atoms with van der Waals surface area (Å²) in [5.74, 6) is 0.766. The molecule has 1 N–H and O–H groups in total. The largest absolute Gasteiger partial charge is 0.497 e. The molecule has 0 aliphatic carbocycles. The van der Waals surface area contributed by atoms with E-state index in [9.17, 15) is 4.79 Å². The molecule has 5 nitrogen and oxygen atoms in total. The molecule has 0 bridgehead atoms. The second-order valence-corrected chi connectivity index (χ2v) is 6.55. The molecule has 0 radical (unpaired) electrons. The number of carbonyl (C=O) groups is 1. The Balaban J connectivity index is 1.73. The number of methoxy groups -OCH3 is 1. The Morgan fingerprint density at radius 3 is 2.57 bits per heavy atom. The maximum atomic E-state index is 13.0. The van der Waals surface area contributed by atoms with Crippen LogP contribution in [0, 0.1) is 6.92 Å². The van der Waals surface area contributed by atoms with E-state index in [4.69, 9.17) is 4.74 Å². The van der Waals surface area contributed by atoms with Crippen LogP contribution in [0.4, 0.5) is 11.4 Å². The fourth-order valence-corrected chi connectivity index (χ4v) is 3.00. The van der Waals surface area contributed by atoms with Crippen LogP contribution in [0.3, 0.4) is 0 Å². The molecule has 28 heavy (non-hydrogen) atoms. The van der Waals surface area contributed by atoms with Crippen molar-refractivity contribution in [1.29, 1.82) is 0 Å². The molecular formula is C23H25N3O2. The third-order valence-corrected chi connectivity index (χ3v) is 4.52. The van der Waals surface area contributed by atoms with E-state index >= 15 is 0 Å². The average molecular weight is 375 g/mol. The molecule has 1 heterocycles. The molecule has 0 aliphatic rings.